The molecule has 106 valence electrons. The van der Waals surface area contributed by atoms with Crippen LogP contribution in [0.2, 0.25) is 0 Å². The Morgan fingerprint density at radius 2 is 2.00 bits per heavy atom. The van der Waals surface area contributed by atoms with E-state index in [1.54, 1.807) is 6.92 Å². The lowest BCUT2D eigenvalue weighted by atomic mass is 10.3. The van der Waals surface area contributed by atoms with Crippen molar-refractivity contribution in [3.63, 3.8) is 0 Å². The summed E-state index contributed by atoms with van der Waals surface area (Å²) >= 11 is 3.36. The standard InChI is InChI=1S/C14H15BrN2O3/c1-10-9-13(18)17(14(16-10)19-2)7-8-20-12-5-3-11(15)4-6-12/h3-6,9H,7-8H2,1-2H3. The Bertz CT molecular complexity index is 638. The molecule has 0 amide bonds. The molecule has 1 heterocycles. The molecule has 2 aromatic rings. The zero-order valence-electron chi connectivity index (χ0n) is 11.3. The smallest absolute Gasteiger partial charge is 0.299 e. The van der Waals surface area contributed by atoms with Gasteiger partial charge in [0.25, 0.3) is 11.6 Å². The SMILES string of the molecule is COc1nc(C)cc(=O)n1CCOc1ccc(Br)cc1. The second-order valence-corrected chi connectivity index (χ2v) is 5.09. The van der Waals surface area contributed by atoms with Crippen molar-refractivity contribution in [2.45, 2.75) is 13.5 Å². The van der Waals surface area contributed by atoms with Gasteiger partial charge in [0.15, 0.2) is 0 Å². The van der Waals surface area contributed by atoms with Crippen molar-refractivity contribution >= 4 is 15.9 Å². The fraction of sp³-hybridized carbons (Fsp3) is 0.286. The summed E-state index contributed by atoms with van der Waals surface area (Å²) < 4.78 is 13.1. The molecule has 0 bridgehead atoms. The fourth-order valence-electron chi connectivity index (χ4n) is 1.74. The molecular weight excluding hydrogens is 324 g/mol. The number of aryl methyl sites for hydroxylation is 1. The van der Waals surface area contributed by atoms with Crippen LogP contribution in [-0.4, -0.2) is 23.3 Å². The highest BCUT2D eigenvalue weighted by atomic mass is 79.9. The van der Waals surface area contributed by atoms with Gasteiger partial charge in [-0.15, -0.1) is 0 Å². The van der Waals surface area contributed by atoms with Crippen molar-refractivity contribution < 1.29 is 9.47 Å². The molecule has 0 saturated carbocycles. The van der Waals surface area contributed by atoms with Gasteiger partial charge in [0, 0.05) is 16.2 Å². The van der Waals surface area contributed by atoms with Gasteiger partial charge in [0.05, 0.1) is 13.7 Å². The highest BCUT2D eigenvalue weighted by Crippen LogP contribution is 2.16. The van der Waals surface area contributed by atoms with Crippen LogP contribution in [0.5, 0.6) is 11.8 Å². The van der Waals surface area contributed by atoms with Crippen LogP contribution in [0.1, 0.15) is 5.69 Å². The van der Waals surface area contributed by atoms with Gasteiger partial charge in [-0.3, -0.25) is 9.36 Å². The molecule has 0 aliphatic carbocycles. The summed E-state index contributed by atoms with van der Waals surface area (Å²) in [5.74, 6) is 0.750. The van der Waals surface area contributed by atoms with Crippen LogP contribution >= 0.6 is 15.9 Å². The number of benzene rings is 1. The summed E-state index contributed by atoms with van der Waals surface area (Å²) in [6, 6.07) is 9.29. The summed E-state index contributed by atoms with van der Waals surface area (Å²) in [6.45, 7) is 2.50. The quantitative estimate of drug-likeness (QED) is 0.839. The Morgan fingerprint density at radius 3 is 2.65 bits per heavy atom. The average molecular weight is 339 g/mol. The Hall–Kier alpha value is -1.82. The maximum atomic E-state index is 11.9. The highest BCUT2D eigenvalue weighted by molar-refractivity contribution is 9.10. The number of methoxy groups -OCH3 is 1. The van der Waals surface area contributed by atoms with E-state index in [9.17, 15) is 4.79 Å². The van der Waals surface area contributed by atoms with Crippen molar-refractivity contribution in [3.05, 3.63) is 50.9 Å². The minimum atomic E-state index is -0.145. The summed E-state index contributed by atoms with van der Waals surface area (Å²) in [7, 11) is 1.49. The first-order chi connectivity index (χ1) is 9.60. The van der Waals surface area contributed by atoms with Crippen LogP contribution < -0.4 is 15.0 Å². The minimum absolute atomic E-state index is 0.145. The van der Waals surface area contributed by atoms with Crippen LogP contribution in [0.4, 0.5) is 0 Å². The van der Waals surface area contributed by atoms with Gasteiger partial charge < -0.3 is 9.47 Å². The number of aromatic nitrogens is 2. The molecule has 0 fully saturated rings. The first kappa shape index (κ1) is 14.6. The number of ether oxygens (including phenoxy) is 2. The summed E-state index contributed by atoms with van der Waals surface area (Å²) in [6.07, 6.45) is 0. The molecule has 0 radical (unpaired) electrons. The minimum Gasteiger partial charge on any atom is -0.492 e. The van der Waals surface area contributed by atoms with Crippen LogP contribution in [0, 0.1) is 6.92 Å². The van der Waals surface area contributed by atoms with E-state index in [-0.39, 0.29) is 5.56 Å². The zero-order valence-corrected chi connectivity index (χ0v) is 12.9. The Kier molecular flexibility index (Phi) is 4.79. The molecule has 0 aliphatic rings. The molecule has 1 aromatic heterocycles. The second-order valence-electron chi connectivity index (χ2n) is 4.18. The van der Waals surface area contributed by atoms with Crippen LogP contribution in [0.15, 0.2) is 39.6 Å². The topological polar surface area (TPSA) is 53.3 Å². The molecule has 20 heavy (non-hydrogen) atoms. The maximum Gasteiger partial charge on any atom is 0.299 e. The Morgan fingerprint density at radius 1 is 1.30 bits per heavy atom. The second kappa shape index (κ2) is 6.56. The predicted octanol–water partition coefficient (Wildman–Crippen LogP) is 2.40. The van der Waals surface area contributed by atoms with Crippen molar-refractivity contribution in [2.24, 2.45) is 0 Å². The first-order valence-electron chi connectivity index (χ1n) is 6.11. The van der Waals surface area contributed by atoms with E-state index in [0.717, 1.165) is 10.2 Å². The molecule has 0 aliphatic heterocycles. The van der Waals surface area contributed by atoms with Gasteiger partial charge in [-0.2, -0.15) is 0 Å². The van der Waals surface area contributed by atoms with Crippen molar-refractivity contribution in [2.75, 3.05) is 13.7 Å². The lowest BCUT2D eigenvalue weighted by Crippen LogP contribution is -2.25. The lowest BCUT2D eigenvalue weighted by Gasteiger charge is -2.11. The largest absolute Gasteiger partial charge is 0.492 e. The average Bonchev–Trinajstić information content (AvgIpc) is 2.42. The molecule has 1 aromatic carbocycles. The Balaban J connectivity index is 2.04. The van der Waals surface area contributed by atoms with E-state index in [1.165, 1.54) is 17.7 Å². The number of nitrogens with zero attached hydrogens (tertiary/aromatic N) is 2. The van der Waals surface area contributed by atoms with E-state index in [4.69, 9.17) is 9.47 Å². The third kappa shape index (κ3) is 3.60. The fourth-order valence-corrected chi connectivity index (χ4v) is 2.01. The van der Waals surface area contributed by atoms with E-state index in [2.05, 4.69) is 20.9 Å². The van der Waals surface area contributed by atoms with Gasteiger partial charge in [0.2, 0.25) is 0 Å². The maximum absolute atomic E-state index is 11.9. The summed E-state index contributed by atoms with van der Waals surface area (Å²) in [5, 5.41) is 0. The number of rotatable bonds is 5. The monoisotopic (exact) mass is 338 g/mol. The molecule has 0 spiro atoms. The van der Waals surface area contributed by atoms with E-state index < -0.39 is 0 Å². The molecule has 0 atom stereocenters. The molecule has 6 heteroatoms. The van der Waals surface area contributed by atoms with Gasteiger partial charge in [-0.25, -0.2) is 4.98 Å². The van der Waals surface area contributed by atoms with Crippen LogP contribution in [0.3, 0.4) is 0 Å². The van der Waals surface area contributed by atoms with E-state index in [0.29, 0.717) is 24.9 Å². The van der Waals surface area contributed by atoms with Crippen molar-refractivity contribution in [1.29, 1.82) is 0 Å². The van der Waals surface area contributed by atoms with Gasteiger partial charge in [-0.1, -0.05) is 15.9 Å². The molecule has 0 saturated heterocycles. The molecule has 5 nitrogen and oxygen atoms in total. The molecule has 0 N–H and O–H groups in total. The first-order valence-corrected chi connectivity index (χ1v) is 6.90. The van der Waals surface area contributed by atoms with Crippen LogP contribution in [0.25, 0.3) is 0 Å². The number of halogens is 1. The number of hydrogen-bond donors (Lipinski definition) is 0. The lowest BCUT2D eigenvalue weighted by molar-refractivity contribution is 0.274. The molecular formula is C14H15BrN2O3. The normalized spacial score (nSPS) is 10.3. The highest BCUT2D eigenvalue weighted by Gasteiger charge is 2.07. The van der Waals surface area contributed by atoms with Gasteiger partial charge in [0.1, 0.15) is 12.4 Å². The van der Waals surface area contributed by atoms with Gasteiger partial charge in [-0.05, 0) is 31.2 Å². The van der Waals surface area contributed by atoms with Gasteiger partial charge >= 0.3 is 0 Å². The van der Waals surface area contributed by atoms with Crippen molar-refractivity contribution in [1.82, 2.24) is 9.55 Å². The molecule has 0 unspecified atom stereocenters. The third-order valence-electron chi connectivity index (χ3n) is 2.68. The van der Waals surface area contributed by atoms with Crippen molar-refractivity contribution in [3.8, 4) is 11.8 Å². The van der Waals surface area contributed by atoms with E-state index >= 15 is 0 Å². The third-order valence-corrected chi connectivity index (χ3v) is 3.21. The molecule has 2 rings (SSSR count). The number of hydrogen-bond acceptors (Lipinski definition) is 4. The van der Waals surface area contributed by atoms with Crippen LogP contribution in [-0.2, 0) is 6.54 Å². The predicted molar refractivity (Wildman–Crippen MR) is 79.4 cm³/mol. The van der Waals surface area contributed by atoms with E-state index in [1.807, 2.05) is 24.3 Å². The Labute approximate surface area is 125 Å². The zero-order chi connectivity index (χ0) is 14.5. The summed E-state index contributed by atoms with van der Waals surface area (Å²) in [4.78, 5) is 16.1. The summed E-state index contributed by atoms with van der Waals surface area (Å²) in [5.41, 5.74) is 0.491.